The third-order valence-electron chi connectivity index (χ3n) is 3.41. The molecule has 0 saturated heterocycles. The summed E-state index contributed by atoms with van der Waals surface area (Å²) >= 11 is 6.21. The third kappa shape index (κ3) is 4.54. The largest absolute Gasteiger partial charge is 0.493 e. The van der Waals surface area contributed by atoms with Crippen molar-refractivity contribution in [3.05, 3.63) is 58.6 Å². The Morgan fingerprint density at radius 3 is 2.36 bits per heavy atom. The van der Waals surface area contributed by atoms with Gasteiger partial charge in [0.2, 0.25) is 0 Å². The fraction of sp³-hybridized carbons (Fsp3) is 0.294. The summed E-state index contributed by atoms with van der Waals surface area (Å²) in [4.78, 5) is 0. The molecule has 0 aliphatic heterocycles. The van der Waals surface area contributed by atoms with Crippen molar-refractivity contribution in [1.29, 1.82) is 0 Å². The first-order valence-corrected chi connectivity index (χ1v) is 7.22. The van der Waals surface area contributed by atoms with Gasteiger partial charge in [-0.3, -0.25) is 0 Å². The highest BCUT2D eigenvalue weighted by molar-refractivity contribution is 6.32. The quantitative estimate of drug-likeness (QED) is 0.830. The molecule has 0 aromatic heterocycles. The number of benzene rings is 2. The van der Waals surface area contributed by atoms with E-state index in [1.54, 1.807) is 14.2 Å². The molecule has 0 aliphatic rings. The monoisotopic (exact) mass is 341 g/mol. The van der Waals surface area contributed by atoms with Gasteiger partial charge in [-0.2, -0.15) is 0 Å². The highest BCUT2D eigenvalue weighted by Gasteiger charge is 2.11. The van der Waals surface area contributed by atoms with Crippen LogP contribution < -0.4 is 14.8 Å². The lowest BCUT2D eigenvalue weighted by Crippen LogP contribution is -2.18. The predicted octanol–water partition coefficient (Wildman–Crippen LogP) is 4.63. The zero-order valence-electron chi connectivity index (χ0n) is 12.9. The van der Waals surface area contributed by atoms with Crippen molar-refractivity contribution in [1.82, 2.24) is 5.32 Å². The van der Waals surface area contributed by atoms with Gasteiger partial charge in [0.05, 0.1) is 19.2 Å². The Kier molecular flexibility index (Phi) is 7.52. The molecule has 3 nitrogen and oxygen atoms in total. The average molecular weight is 342 g/mol. The van der Waals surface area contributed by atoms with E-state index in [1.807, 2.05) is 30.3 Å². The Morgan fingerprint density at radius 1 is 1.09 bits per heavy atom. The van der Waals surface area contributed by atoms with Crippen molar-refractivity contribution in [3.63, 3.8) is 0 Å². The lowest BCUT2D eigenvalue weighted by Gasteiger charge is -2.16. The van der Waals surface area contributed by atoms with Gasteiger partial charge >= 0.3 is 0 Å². The molecule has 120 valence electrons. The molecule has 1 N–H and O–H groups in total. The van der Waals surface area contributed by atoms with Gasteiger partial charge in [0.25, 0.3) is 0 Å². The number of halogens is 2. The van der Waals surface area contributed by atoms with Crippen LogP contribution in [0.3, 0.4) is 0 Å². The maximum absolute atomic E-state index is 6.21. The van der Waals surface area contributed by atoms with E-state index in [4.69, 9.17) is 21.1 Å². The Hall–Kier alpha value is -1.42. The van der Waals surface area contributed by atoms with Crippen LogP contribution >= 0.6 is 24.0 Å². The minimum absolute atomic E-state index is 0. The maximum Gasteiger partial charge on any atom is 0.179 e. The van der Waals surface area contributed by atoms with Crippen LogP contribution in [0.2, 0.25) is 5.02 Å². The molecule has 0 heterocycles. The molecule has 1 atom stereocenters. The van der Waals surface area contributed by atoms with Gasteiger partial charge in [0, 0.05) is 12.6 Å². The van der Waals surface area contributed by atoms with Crippen molar-refractivity contribution >= 4 is 24.0 Å². The molecule has 0 amide bonds. The molecular formula is C17H21Cl2NO2. The van der Waals surface area contributed by atoms with E-state index in [0.717, 1.165) is 5.56 Å². The van der Waals surface area contributed by atoms with Crippen LogP contribution in [0, 0.1) is 0 Å². The van der Waals surface area contributed by atoms with Gasteiger partial charge in [-0.05, 0) is 30.2 Å². The molecule has 0 fully saturated rings. The Balaban J connectivity index is 0.00000242. The first kappa shape index (κ1) is 18.6. The van der Waals surface area contributed by atoms with Gasteiger partial charge in [-0.15, -0.1) is 12.4 Å². The number of ether oxygens (including phenoxy) is 2. The van der Waals surface area contributed by atoms with Gasteiger partial charge < -0.3 is 14.8 Å². The predicted molar refractivity (Wildman–Crippen MR) is 93.5 cm³/mol. The fourth-order valence-corrected chi connectivity index (χ4v) is 2.51. The zero-order chi connectivity index (χ0) is 15.2. The molecule has 0 radical (unpaired) electrons. The van der Waals surface area contributed by atoms with E-state index in [2.05, 4.69) is 24.4 Å². The first-order chi connectivity index (χ1) is 10.2. The number of nitrogens with one attached hydrogen (secondary N) is 1. The normalized spacial score (nSPS) is 11.5. The van der Waals surface area contributed by atoms with Crippen LogP contribution in [0.5, 0.6) is 11.5 Å². The Bertz CT molecular complexity index is 591. The summed E-state index contributed by atoms with van der Waals surface area (Å²) in [5.74, 6) is 1.22. The molecule has 0 aliphatic carbocycles. The number of rotatable bonds is 6. The highest BCUT2D eigenvalue weighted by Crippen LogP contribution is 2.36. The summed E-state index contributed by atoms with van der Waals surface area (Å²) in [7, 11) is 3.19. The zero-order valence-corrected chi connectivity index (χ0v) is 14.5. The minimum Gasteiger partial charge on any atom is -0.493 e. The van der Waals surface area contributed by atoms with Gasteiger partial charge in [-0.25, -0.2) is 0 Å². The minimum atomic E-state index is 0. The molecule has 22 heavy (non-hydrogen) atoms. The Morgan fingerprint density at radius 2 is 1.77 bits per heavy atom. The molecule has 2 rings (SSSR count). The SMILES string of the molecule is COc1cc(CNC(C)c2ccccc2)cc(Cl)c1OC.Cl. The second-order valence-electron chi connectivity index (χ2n) is 4.83. The van der Waals surface area contributed by atoms with Crippen LogP contribution in [-0.4, -0.2) is 14.2 Å². The van der Waals surface area contributed by atoms with Crippen molar-refractivity contribution in [3.8, 4) is 11.5 Å². The number of hydrogen-bond donors (Lipinski definition) is 1. The van der Waals surface area contributed by atoms with E-state index in [9.17, 15) is 0 Å². The van der Waals surface area contributed by atoms with E-state index in [1.165, 1.54) is 5.56 Å². The van der Waals surface area contributed by atoms with Crippen LogP contribution in [0.1, 0.15) is 24.1 Å². The second-order valence-corrected chi connectivity index (χ2v) is 5.23. The van der Waals surface area contributed by atoms with E-state index >= 15 is 0 Å². The molecular weight excluding hydrogens is 321 g/mol. The third-order valence-corrected chi connectivity index (χ3v) is 3.69. The fourth-order valence-electron chi connectivity index (χ4n) is 2.20. The summed E-state index contributed by atoms with van der Waals surface area (Å²) < 4.78 is 10.6. The standard InChI is InChI=1S/C17H20ClNO2.ClH/c1-12(14-7-5-4-6-8-14)19-11-13-9-15(18)17(21-3)16(10-13)20-2;/h4-10,12,19H,11H2,1-3H3;1H. The smallest absolute Gasteiger partial charge is 0.179 e. The van der Waals surface area contributed by atoms with Gasteiger partial charge in [0.1, 0.15) is 0 Å². The summed E-state index contributed by atoms with van der Waals surface area (Å²) in [5, 5.41) is 4.03. The molecule has 5 heteroatoms. The van der Waals surface area contributed by atoms with Crippen LogP contribution in [0.4, 0.5) is 0 Å². The Labute approximate surface area is 143 Å². The van der Waals surface area contributed by atoms with Crippen molar-refractivity contribution in [2.45, 2.75) is 19.5 Å². The lowest BCUT2D eigenvalue weighted by atomic mass is 10.1. The van der Waals surface area contributed by atoms with Gasteiger partial charge in [-0.1, -0.05) is 41.9 Å². The van der Waals surface area contributed by atoms with Crippen molar-refractivity contribution < 1.29 is 9.47 Å². The molecule has 2 aromatic carbocycles. The summed E-state index contributed by atoms with van der Waals surface area (Å²) in [5.41, 5.74) is 2.31. The molecule has 0 saturated carbocycles. The van der Waals surface area contributed by atoms with Gasteiger partial charge in [0.15, 0.2) is 11.5 Å². The van der Waals surface area contributed by atoms with Crippen molar-refractivity contribution in [2.24, 2.45) is 0 Å². The molecule has 0 bridgehead atoms. The summed E-state index contributed by atoms with van der Waals surface area (Å²) in [6, 6.07) is 14.4. The number of methoxy groups -OCH3 is 2. The molecule has 2 aromatic rings. The van der Waals surface area contributed by atoms with E-state index in [0.29, 0.717) is 23.1 Å². The lowest BCUT2D eigenvalue weighted by molar-refractivity contribution is 0.354. The van der Waals surface area contributed by atoms with Crippen molar-refractivity contribution in [2.75, 3.05) is 14.2 Å². The molecule has 0 spiro atoms. The number of hydrogen-bond acceptors (Lipinski definition) is 3. The first-order valence-electron chi connectivity index (χ1n) is 6.84. The maximum atomic E-state index is 6.21. The van der Waals surface area contributed by atoms with Crippen LogP contribution in [0.25, 0.3) is 0 Å². The molecule has 1 unspecified atom stereocenters. The van der Waals surface area contributed by atoms with Crippen LogP contribution in [-0.2, 0) is 6.54 Å². The van der Waals surface area contributed by atoms with E-state index < -0.39 is 0 Å². The average Bonchev–Trinajstić information content (AvgIpc) is 2.52. The summed E-state index contributed by atoms with van der Waals surface area (Å²) in [6.45, 7) is 2.84. The highest BCUT2D eigenvalue weighted by atomic mass is 35.5. The van der Waals surface area contributed by atoms with E-state index in [-0.39, 0.29) is 18.4 Å². The van der Waals surface area contributed by atoms with Crippen LogP contribution in [0.15, 0.2) is 42.5 Å². The topological polar surface area (TPSA) is 30.5 Å². The summed E-state index contributed by atoms with van der Waals surface area (Å²) in [6.07, 6.45) is 0. The second kappa shape index (κ2) is 8.89.